The highest BCUT2D eigenvalue weighted by molar-refractivity contribution is 5.94. The molecule has 0 aliphatic rings. The lowest BCUT2D eigenvalue weighted by molar-refractivity contribution is 0.0917. The van der Waals surface area contributed by atoms with Crippen molar-refractivity contribution in [3.8, 4) is 0 Å². The van der Waals surface area contributed by atoms with Crippen LogP contribution in [0.3, 0.4) is 0 Å². The fraction of sp³-hybridized carbons (Fsp3) is 0.385. The number of amides is 1. The number of aliphatic hydroxyl groups excluding tert-OH is 1. The van der Waals surface area contributed by atoms with Crippen LogP contribution in [0.5, 0.6) is 0 Å². The van der Waals surface area contributed by atoms with Gasteiger partial charge in [0.1, 0.15) is 11.3 Å². The number of imidazole rings is 1. The summed E-state index contributed by atoms with van der Waals surface area (Å²) in [6.45, 7) is 5.63. The molecule has 2 aromatic rings. The molecule has 0 aromatic carbocycles. The number of aryl methyl sites for hydroxylation is 2. The van der Waals surface area contributed by atoms with Gasteiger partial charge in [0.15, 0.2) is 0 Å². The normalized spacial score (nSPS) is 12.7. The third kappa shape index (κ3) is 2.36. The number of hydrogen-bond acceptors (Lipinski definition) is 3. The van der Waals surface area contributed by atoms with Gasteiger partial charge in [-0.1, -0.05) is 6.07 Å². The van der Waals surface area contributed by atoms with E-state index in [1.54, 1.807) is 18.2 Å². The van der Waals surface area contributed by atoms with Crippen molar-refractivity contribution in [3.05, 3.63) is 35.3 Å². The van der Waals surface area contributed by atoms with Crippen molar-refractivity contribution in [1.29, 1.82) is 0 Å². The monoisotopic (exact) mass is 247 g/mol. The summed E-state index contributed by atoms with van der Waals surface area (Å²) in [6.07, 6.45) is 1.32. The maximum absolute atomic E-state index is 12.1. The van der Waals surface area contributed by atoms with E-state index in [-0.39, 0.29) is 12.5 Å². The molecule has 2 aromatic heterocycles. The number of pyridine rings is 1. The third-order valence-corrected chi connectivity index (χ3v) is 2.71. The summed E-state index contributed by atoms with van der Waals surface area (Å²) in [6, 6.07) is 3.84. The van der Waals surface area contributed by atoms with Crippen LogP contribution < -0.4 is 5.32 Å². The van der Waals surface area contributed by atoms with E-state index in [2.05, 4.69) is 10.3 Å². The van der Waals surface area contributed by atoms with Gasteiger partial charge in [-0.2, -0.15) is 0 Å². The van der Waals surface area contributed by atoms with E-state index in [1.165, 1.54) is 0 Å². The predicted octanol–water partition coefficient (Wildman–Crippen LogP) is 1.06. The number of aromatic nitrogens is 2. The average molecular weight is 247 g/mol. The van der Waals surface area contributed by atoms with E-state index in [9.17, 15) is 9.90 Å². The Labute approximate surface area is 105 Å². The highest BCUT2D eigenvalue weighted by atomic mass is 16.3. The summed E-state index contributed by atoms with van der Waals surface area (Å²) in [5.41, 5.74) is 3.02. The zero-order chi connectivity index (χ0) is 13.3. The van der Waals surface area contributed by atoms with Gasteiger partial charge in [-0.25, -0.2) is 4.98 Å². The molecule has 0 aliphatic heterocycles. The van der Waals surface area contributed by atoms with Crippen LogP contribution >= 0.6 is 0 Å². The van der Waals surface area contributed by atoms with Crippen LogP contribution in [0.25, 0.3) is 5.65 Å². The molecule has 0 saturated heterocycles. The number of fused-ring (bicyclic) bond motifs is 1. The van der Waals surface area contributed by atoms with Crippen LogP contribution in [-0.2, 0) is 0 Å². The van der Waals surface area contributed by atoms with E-state index in [0.29, 0.717) is 11.4 Å². The van der Waals surface area contributed by atoms with Crippen LogP contribution in [0.1, 0.15) is 28.7 Å². The maximum Gasteiger partial charge on any atom is 0.270 e. The number of carbonyl (C=O) groups excluding carboxylic acids is 1. The van der Waals surface area contributed by atoms with Crippen molar-refractivity contribution < 1.29 is 9.90 Å². The Morgan fingerprint density at radius 1 is 1.50 bits per heavy atom. The van der Waals surface area contributed by atoms with Gasteiger partial charge in [0.25, 0.3) is 5.91 Å². The molecule has 1 atom stereocenters. The van der Waals surface area contributed by atoms with Crippen molar-refractivity contribution in [2.75, 3.05) is 6.54 Å². The molecule has 0 fully saturated rings. The fourth-order valence-corrected chi connectivity index (χ4v) is 1.87. The predicted molar refractivity (Wildman–Crippen MR) is 68.7 cm³/mol. The Balaban J connectivity index is 2.40. The SMILES string of the molecule is Cc1ccc2nc(C)c(C(=O)NCC(C)O)n2c1. The molecule has 5 heteroatoms. The van der Waals surface area contributed by atoms with E-state index < -0.39 is 6.10 Å². The number of aliphatic hydroxyl groups is 1. The van der Waals surface area contributed by atoms with Crippen molar-refractivity contribution in [2.45, 2.75) is 26.9 Å². The number of rotatable bonds is 3. The number of carbonyl (C=O) groups is 1. The molecule has 2 N–H and O–H groups in total. The number of nitrogens with one attached hydrogen (secondary N) is 1. The van der Waals surface area contributed by atoms with Crippen LogP contribution in [0.15, 0.2) is 18.3 Å². The van der Waals surface area contributed by atoms with Crippen LogP contribution in [0, 0.1) is 13.8 Å². The maximum atomic E-state index is 12.1. The summed E-state index contributed by atoms with van der Waals surface area (Å²) in [4.78, 5) is 16.4. The molecule has 0 aliphatic carbocycles. The standard InChI is InChI=1S/C13H17N3O2/c1-8-4-5-11-15-10(3)12(16(11)7-8)13(18)14-6-9(2)17/h4-5,7,9,17H,6H2,1-3H3,(H,14,18). The van der Waals surface area contributed by atoms with Crippen LogP contribution in [0.2, 0.25) is 0 Å². The fourth-order valence-electron chi connectivity index (χ4n) is 1.87. The number of nitrogens with zero attached hydrogens (tertiary/aromatic N) is 2. The lowest BCUT2D eigenvalue weighted by Gasteiger charge is -2.07. The van der Waals surface area contributed by atoms with Gasteiger partial charge in [-0.3, -0.25) is 9.20 Å². The minimum atomic E-state index is -0.560. The smallest absolute Gasteiger partial charge is 0.270 e. The number of hydrogen-bond donors (Lipinski definition) is 2. The molecule has 1 unspecified atom stereocenters. The van der Waals surface area contributed by atoms with Gasteiger partial charge in [0.05, 0.1) is 11.8 Å². The molecule has 18 heavy (non-hydrogen) atoms. The van der Waals surface area contributed by atoms with Gasteiger partial charge in [-0.15, -0.1) is 0 Å². The highest BCUT2D eigenvalue weighted by Gasteiger charge is 2.16. The second-order valence-corrected chi connectivity index (χ2v) is 4.54. The molecule has 0 spiro atoms. The van der Waals surface area contributed by atoms with E-state index >= 15 is 0 Å². The molecule has 0 bridgehead atoms. The molecular formula is C13H17N3O2. The molecule has 0 radical (unpaired) electrons. The van der Waals surface area contributed by atoms with Gasteiger partial charge < -0.3 is 10.4 Å². The lowest BCUT2D eigenvalue weighted by atomic mass is 10.3. The molecule has 96 valence electrons. The van der Waals surface area contributed by atoms with Crippen molar-refractivity contribution >= 4 is 11.6 Å². The molecule has 0 saturated carbocycles. The van der Waals surface area contributed by atoms with Gasteiger partial charge in [0.2, 0.25) is 0 Å². The first-order chi connectivity index (χ1) is 8.49. The van der Waals surface area contributed by atoms with Gasteiger partial charge >= 0.3 is 0 Å². The Hall–Kier alpha value is -1.88. The summed E-state index contributed by atoms with van der Waals surface area (Å²) < 4.78 is 1.78. The Kier molecular flexibility index (Phi) is 3.34. The minimum Gasteiger partial charge on any atom is -0.392 e. The second-order valence-electron chi connectivity index (χ2n) is 4.54. The second kappa shape index (κ2) is 4.78. The zero-order valence-electron chi connectivity index (χ0n) is 10.8. The first kappa shape index (κ1) is 12.6. The van der Waals surface area contributed by atoms with E-state index in [1.807, 2.05) is 25.3 Å². The Morgan fingerprint density at radius 3 is 2.89 bits per heavy atom. The Bertz CT molecular complexity index is 587. The summed E-state index contributed by atoms with van der Waals surface area (Å²) >= 11 is 0. The highest BCUT2D eigenvalue weighted by Crippen LogP contribution is 2.13. The summed E-state index contributed by atoms with van der Waals surface area (Å²) in [7, 11) is 0. The average Bonchev–Trinajstić information content (AvgIpc) is 2.61. The minimum absolute atomic E-state index is 0.216. The van der Waals surface area contributed by atoms with Crippen molar-refractivity contribution in [1.82, 2.24) is 14.7 Å². The van der Waals surface area contributed by atoms with Gasteiger partial charge in [0, 0.05) is 12.7 Å². The quantitative estimate of drug-likeness (QED) is 0.852. The first-order valence-corrected chi connectivity index (χ1v) is 5.90. The Morgan fingerprint density at radius 2 is 2.22 bits per heavy atom. The summed E-state index contributed by atoms with van der Waals surface area (Å²) in [5, 5.41) is 11.9. The van der Waals surface area contributed by atoms with Crippen molar-refractivity contribution in [3.63, 3.8) is 0 Å². The first-order valence-electron chi connectivity index (χ1n) is 5.90. The zero-order valence-corrected chi connectivity index (χ0v) is 10.8. The molecule has 2 heterocycles. The third-order valence-electron chi connectivity index (χ3n) is 2.71. The van der Waals surface area contributed by atoms with Crippen LogP contribution in [-0.4, -0.2) is 33.0 Å². The van der Waals surface area contributed by atoms with E-state index in [0.717, 1.165) is 11.2 Å². The molecular weight excluding hydrogens is 230 g/mol. The summed E-state index contributed by atoms with van der Waals surface area (Å²) in [5.74, 6) is -0.216. The van der Waals surface area contributed by atoms with E-state index in [4.69, 9.17) is 0 Å². The lowest BCUT2D eigenvalue weighted by Crippen LogP contribution is -2.31. The molecule has 1 amide bonds. The molecule has 5 nitrogen and oxygen atoms in total. The van der Waals surface area contributed by atoms with Crippen molar-refractivity contribution in [2.24, 2.45) is 0 Å². The van der Waals surface area contributed by atoms with Crippen LogP contribution in [0.4, 0.5) is 0 Å². The molecule has 2 rings (SSSR count). The topological polar surface area (TPSA) is 66.6 Å². The van der Waals surface area contributed by atoms with Gasteiger partial charge in [-0.05, 0) is 32.4 Å². The largest absolute Gasteiger partial charge is 0.392 e.